The Morgan fingerprint density at radius 1 is 1.40 bits per heavy atom. The van der Waals surface area contributed by atoms with Crippen LogP contribution in [0.5, 0.6) is 5.75 Å². The van der Waals surface area contributed by atoms with Crippen LogP contribution in [0.25, 0.3) is 0 Å². The van der Waals surface area contributed by atoms with Gasteiger partial charge in [-0.15, -0.1) is 11.8 Å². The zero-order chi connectivity index (χ0) is 18.4. The van der Waals surface area contributed by atoms with Crippen LogP contribution in [-0.2, 0) is 14.4 Å². The van der Waals surface area contributed by atoms with Gasteiger partial charge in [-0.1, -0.05) is 23.7 Å². The highest BCUT2D eigenvalue weighted by Crippen LogP contribution is 2.50. The molecule has 2 fully saturated rings. The van der Waals surface area contributed by atoms with Crippen LogP contribution in [0.4, 0.5) is 0 Å². The maximum Gasteiger partial charge on any atom is 0.327 e. The number of β-lactam (4-membered cyclic amide) rings is 1. The Morgan fingerprint density at radius 3 is 2.72 bits per heavy atom. The lowest BCUT2D eigenvalue weighted by Gasteiger charge is -2.43. The molecular weight excluding hydrogens is 368 g/mol. The number of ether oxygens (including phenoxy) is 1. The van der Waals surface area contributed by atoms with Crippen LogP contribution in [0, 0.1) is 0 Å². The van der Waals surface area contributed by atoms with Crippen LogP contribution in [0.15, 0.2) is 24.3 Å². The van der Waals surface area contributed by atoms with Gasteiger partial charge in [0.1, 0.15) is 23.2 Å². The minimum Gasteiger partial charge on any atom is -0.482 e. The predicted octanol–water partition coefficient (Wildman–Crippen LogP) is 1.35. The number of nitrogens with one attached hydrogen (secondary N) is 1. The van der Waals surface area contributed by atoms with Gasteiger partial charge in [-0.25, -0.2) is 4.79 Å². The molecule has 7 nitrogen and oxygen atoms in total. The quantitative estimate of drug-likeness (QED) is 0.744. The smallest absolute Gasteiger partial charge is 0.327 e. The summed E-state index contributed by atoms with van der Waals surface area (Å²) in [5, 5.41) is 12.0. The Balaban J connectivity index is 1.60. The van der Waals surface area contributed by atoms with Gasteiger partial charge in [0, 0.05) is 4.75 Å². The molecule has 2 N–H and O–H groups in total. The normalized spacial score (nSPS) is 26.6. The SMILES string of the molecule is CC1(C)S[C@@H]2[C@H](NC(=O)COc3ccccc3Cl)C(=O)N2[C@H]1C(=O)O. The van der Waals surface area contributed by atoms with Gasteiger partial charge in [0.25, 0.3) is 5.91 Å². The first-order valence-electron chi connectivity index (χ1n) is 7.62. The molecule has 9 heteroatoms. The Morgan fingerprint density at radius 2 is 2.08 bits per heavy atom. The summed E-state index contributed by atoms with van der Waals surface area (Å²) in [4.78, 5) is 37.1. The molecule has 2 aliphatic heterocycles. The number of halogens is 1. The number of carbonyl (C=O) groups is 3. The molecule has 1 aromatic carbocycles. The Hall–Kier alpha value is -1.93. The standard InChI is InChI=1S/C16H17ClN2O5S/c1-16(2)12(15(22)23)19-13(21)11(14(19)25-16)18-10(20)7-24-9-6-4-3-5-8(9)17/h3-6,11-12,14H,7H2,1-2H3,(H,18,20)(H,22,23)/t11-,12+,14-/m1/s1. The van der Waals surface area contributed by atoms with Crippen molar-refractivity contribution in [2.24, 2.45) is 0 Å². The lowest BCUT2D eigenvalue weighted by Crippen LogP contribution is -2.70. The second-order valence-corrected chi connectivity index (χ2v) is 8.54. The number of carboxylic acid groups (broad SMARTS) is 1. The summed E-state index contributed by atoms with van der Waals surface area (Å²) in [5.41, 5.74) is 0. The fraction of sp³-hybridized carbons (Fsp3) is 0.438. The van der Waals surface area contributed by atoms with E-state index in [0.717, 1.165) is 0 Å². The van der Waals surface area contributed by atoms with Crippen molar-refractivity contribution in [1.82, 2.24) is 10.2 Å². The second-order valence-electron chi connectivity index (χ2n) is 6.36. The van der Waals surface area contributed by atoms with Gasteiger partial charge in [-0.2, -0.15) is 0 Å². The number of nitrogens with zero attached hydrogens (tertiary/aromatic N) is 1. The molecule has 134 valence electrons. The van der Waals surface area contributed by atoms with E-state index in [1.807, 2.05) is 0 Å². The summed E-state index contributed by atoms with van der Waals surface area (Å²) in [6.07, 6.45) is 0. The zero-order valence-corrected chi connectivity index (χ0v) is 15.1. The third-order valence-corrected chi connectivity index (χ3v) is 6.07. The minimum absolute atomic E-state index is 0.281. The number of para-hydroxylation sites is 1. The molecule has 0 aliphatic carbocycles. The van der Waals surface area contributed by atoms with Crippen LogP contribution in [-0.4, -0.2) is 56.6 Å². The minimum atomic E-state index is -1.04. The van der Waals surface area contributed by atoms with Crippen molar-refractivity contribution in [3.05, 3.63) is 29.3 Å². The first-order chi connectivity index (χ1) is 11.7. The molecule has 1 aromatic rings. The van der Waals surface area contributed by atoms with Crippen molar-refractivity contribution < 1.29 is 24.2 Å². The topological polar surface area (TPSA) is 95.9 Å². The maximum absolute atomic E-state index is 12.3. The molecule has 3 rings (SSSR count). The van der Waals surface area contributed by atoms with Gasteiger partial charge in [-0.3, -0.25) is 9.59 Å². The van der Waals surface area contributed by atoms with E-state index in [1.165, 1.54) is 16.7 Å². The highest BCUT2D eigenvalue weighted by atomic mass is 35.5. The highest BCUT2D eigenvalue weighted by Gasteiger charge is 2.64. The van der Waals surface area contributed by atoms with E-state index in [2.05, 4.69) is 5.32 Å². The number of carboxylic acids is 1. The number of carbonyl (C=O) groups excluding carboxylic acids is 2. The van der Waals surface area contributed by atoms with Crippen LogP contribution in [0.3, 0.4) is 0 Å². The molecular formula is C16H17ClN2O5S. The van der Waals surface area contributed by atoms with Gasteiger partial charge in [0.15, 0.2) is 6.61 Å². The number of benzene rings is 1. The Labute approximate surface area is 153 Å². The summed E-state index contributed by atoms with van der Waals surface area (Å²) in [6, 6.07) is 5.12. The van der Waals surface area contributed by atoms with Gasteiger partial charge >= 0.3 is 5.97 Å². The molecule has 25 heavy (non-hydrogen) atoms. The molecule has 0 radical (unpaired) electrons. The van der Waals surface area contributed by atoms with Gasteiger partial charge in [0.2, 0.25) is 5.91 Å². The van der Waals surface area contributed by atoms with Crippen molar-refractivity contribution in [1.29, 1.82) is 0 Å². The lowest BCUT2D eigenvalue weighted by molar-refractivity contribution is -0.161. The number of hydrogen-bond acceptors (Lipinski definition) is 5. The molecule has 2 heterocycles. The summed E-state index contributed by atoms with van der Waals surface area (Å²) < 4.78 is 4.72. The monoisotopic (exact) mass is 384 g/mol. The largest absolute Gasteiger partial charge is 0.482 e. The lowest BCUT2D eigenvalue weighted by atomic mass is 9.96. The van der Waals surface area contributed by atoms with Crippen molar-refractivity contribution in [2.75, 3.05) is 6.61 Å². The van der Waals surface area contributed by atoms with Gasteiger partial charge in [0.05, 0.1) is 5.02 Å². The van der Waals surface area contributed by atoms with E-state index < -0.39 is 28.7 Å². The molecule has 0 unspecified atom stereocenters. The number of fused-ring (bicyclic) bond motifs is 1. The molecule has 0 saturated carbocycles. The molecule has 0 aromatic heterocycles. The fourth-order valence-corrected chi connectivity index (χ4v) is 4.88. The Kier molecular flexibility index (Phi) is 4.59. The van der Waals surface area contributed by atoms with E-state index in [4.69, 9.17) is 16.3 Å². The van der Waals surface area contributed by atoms with E-state index in [1.54, 1.807) is 38.1 Å². The summed E-state index contributed by atoms with van der Waals surface area (Å²) in [6.45, 7) is 3.28. The van der Waals surface area contributed by atoms with Gasteiger partial charge < -0.3 is 20.1 Å². The highest BCUT2D eigenvalue weighted by molar-refractivity contribution is 8.01. The zero-order valence-electron chi connectivity index (χ0n) is 13.6. The third-order valence-electron chi connectivity index (χ3n) is 4.19. The van der Waals surface area contributed by atoms with Gasteiger partial charge in [-0.05, 0) is 26.0 Å². The second kappa shape index (κ2) is 6.42. The molecule has 0 spiro atoms. The maximum atomic E-state index is 12.3. The van der Waals surface area contributed by atoms with Crippen LogP contribution in [0.1, 0.15) is 13.8 Å². The molecule has 2 amide bonds. The first kappa shape index (κ1) is 17.9. The van der Waals surface area contributed by atoms with Crippen molar-refractivity contribution in [3.63, 3.8) is 0 Å². The van der Waals surface area contributed by atoms with Crippen LogP contribution < -0.4 is 10.1 Å². The number of rotatable bonds is 5. The molecule has 2 aliphatic rings. The number of aliphatic carboxylic acids is 1. The summed E-state index contributed by atoms with van der Waals surface area (Å²) in [5.74, 6) is -1.51. The number of amides is 2. The van der Waals surface area contributed by atoms with E-state index in [-0.39, 0.29) is 17.9 Å². The van der Waals surface area contributed by atoms with E-state index in [9.17, 15) is 19.5 Å². The molecule has 3 atom stereocenters. The Bertz CT molecular complexity index is 741. The van der Waals surface area contributed by atoms with E-state index in [0.29, 0.717) is 10.8 Å². The van der Waals surface area contributed by atoms with Crippen molar-refractivity contribution in [2.45, 2.75) is 36.1 Å². The fourth-order valence-electron chi connectivity index (χ4n) is 3.07. The number of thioether (sulfide) groups is 1. The predicted molar refractivity (Wildman–Crippen MR) is 92.6 cm³/mol. The summed E-state index contributed by atoms with van der Waals surface area (Å²) in [7, 11) is 0. The number of hydrogen-bond donors (Lipinski definition) is 2. The van der Waals surface area contributed by atoms with Crippen molar-refractivity contribution >= 4 is 41.1 Å². The first-order valence-corrected chi connectivity index (χ1v) is 8.87. The molecule has 2 saturated heterocycles. The average Bonchev–Trinajstić information content (AvgIpc) is 2.80. The van der Waals surface area contributed by atoms with E-state index >= 15 is 0 Å². The van der Waals surface area contributed by atoms with Crippen LogP contribution >= 0.6 is 23.4 Å². The summed E-state index contributed by atoms with van der Waals surface area (Å²) >= 11 is 7.32. The molecule has 0 bridgehead atoms. The third kappa shape index (κ3) is 3.16. The van der Waals surface area contributed by atoms with Crippen LogP contribution in [0.2, 0.25) is 5.02 Å². The van der Waals surface area contributed by atoms with Crippen molar-refractivity contribution in [3.8, 4) is 5.75 Å². The average molecular weight is 385 g/mol.